The fraction of sp³-hybridized carbons (Fsp3) is 0.407. The van der Waals surface area contributed by atoms with E-state index in [-0.39, 0.29) is 18.8 Å². The van der Waals surface area contributed by atoms with Gasteiger partial charge in [-0.25, -0.2) is 15.0 Å². The molecule has 39 heavy (non-hydrogen) atoms. The quantitative estimate of drug-likeness (QED) is 0.238. The maximum atomic E-state index is 12.6. The summed E-state index contributed by atoms with van der Waals surface area (Å²) in [5.41, 5.74) is 3.67. The molecule has 1 aromatic heterocycles. The predicted octanol–water partition coefficient (Wildman–Crippen LogP) is 3.00. The van der Waals surface area contributed by atoms with Crippen molar-refractivity contribution in [1.29, 1.82) is 0 Å². The van der Waals surface area contributed by atoms with Crippen LogP contribution < -0.4 is 30.4 Å². The van der Waals surface area contributed by atoms with E-state index in [9.17, 15) is 14.4 Å². The van der Waals surface area contributed by atoms with Crippen LogP contribution >= 0.6 is 0 Å². The lowest BCUT2D eigenvalue weighted by atomic mass is 9.95. The zero-order chi connectivity index (χ0) is 27.8. The highest BCUT2D eigenvalue weighted by Gasteiger charge is 2.32. The van der Waals surface area contributed by atoms with Crippen LogP contribution in [0.25, 0.3) is 0 Å². The Morgan fingerprint density at radius 3 is 2.72 bits per heavy atom. The highest BCUT2D eigenvalue weighted by molar-refractivity contribution is 5.95. The normalized spacial score (nSPS) is 17.5. The van der Waals surface area contributed by atoms with Gasteiger partial charge in [0.05, 0.1) is 31.5 Å². The number of ether oxygens (including phenoxy) is 3. The molecule has 0 spiro atoms. The molecule has 4 rings (SSSR count). The molecule has 12 nitrogen and oxygen atoms in total. The lowest BCUT2D eigenvalue weighted by molar-refractivity contribution is -0.139. The van der Waals surface area contributed by atoms with E-state index in [4.69, 9.17) is 18.6 Å². The molecule has 3 amide bonds. The Morgan fingerprint density at radius 2 is 1.97 bits per heavy atom. The van der Waals surface area contributed by atoms with E-state index < -0.39 is 23.9 Å². The average molecular weight is 540 g/mol. The van der Waals surface area contributed by atoms with Crippen molar-refractivity contribution in [2.75, 3.05) is 38.3 Å². The highest BCUT2D eigenvalue weighted by Crippen LogP contribution is 2.34. The number of piperidine rings is 1. The molecule has 12 heteroatoms. The smallest absolute Gasteiger partial charge is 0.338 e. The number of carbonyl (C=O) groups excluding carboxylic acids is 3. The number of nitrogens with zero attached hydrogens (tertiary/aromatic N) is 2. The van der Waals surface area contributed by atoms with Gasteiger partial charge in [0.25, 0.3) is 5.91 Å². The highest BCUT2D eigenvalue weighted by atomic mass is 16.5. The lowest BCUT2D eigenvalue weighted by Gasteiger charge is -2.28. The third-order valence-electron chi connectivity index (χ3n) is 6.31. The van der Waals surface area contributed by atoms with Crippen LogP contribution in [-0.4, -0.2) is 57.5 Å². The van der Waals surface area contributed by atoms with Crippen LogP contribution in [0.2, 0.25) is 0 Å². The molecular formula is C27H33N5O7. The maximum absolute atomic E-state index is 12.6. The second kappa shape index (κ2) is 12.9. The Morgan fingerprint density at radius 1 is 1.18 bits per heavy atom. The van der Waals surface area contributed by atoms with Gasteiger partial charge in [0.2, 0.25) is 0 Å². The summed E-state index contributed by atoms with van der Waals surface area (Å²) >= 11 is 0. The second-order valence-electron chi connectivity index (χ2n) is 9.01. The SMILES string of the molecule is CCOC(=O)C1=C(C)NC(=O)N[C@H]1c1ccc(OCC(=O)N/N=C\c2ccc(N3CCCCC3)o2)c(OC)c1. The molecule has 1 saturated heterocycles. The summed E-state index contributed by atoms with van der Waals surface area (Å²) < 4.78 is 22.0. The van der Waals surface area contributed by atoms with Crippen LogP contribution in [0.4, 0.5) is 10.7 Å². The first kappa shape index (κ1) is 27.6. The topological polar surface area (TPSA) is 144 Å². The first-order chi connectivity index (χ1) is 18.9. The number of anilines is 1. The number of furan rings is 1. The number of urea groups is 1. The molecular weight excluding hydrogens is 506 g/mol. The fourth-order valence-electron chi connectivity index (χ4n) is 4.45. The van der Waals surface area contributed by atoms with E-state index >= 15 is 0 Å². The monoisotopic (exact) mass is 539 g/mol. The van der Waals surface area contributed by atoms with Gasteiger partial charge in [-0.15, -0.1) is 0 Å². The van der Waals surface area contributed by atoms with Gasteiger partial charge < -0.3 is 34.2 Å². The Bertz CT molecular complexity index is 1260. The van der Waals surface area contributed by atoms with Crippen LogP contribution in [0.1, 0.15) is 50.5 Å². The standard InChI is InChI=1S/C27H33N5O7/c1-4-37-26(34)24-17(2)29-27(35)30-25(24)18-8-10-20(21(14-18)36-3)38-16-22(33)31-28-15-19-9-11-23(39-19)32-12-6-5-7-13-32/h8-11,14-15,25H,4-7,12-13,16H2,1-3H3,(H,31,33)(H2,29,30,35)/b28-15-/t25-/m0/s1. The zero-order valence-corrected chi connectivity index (χ0v) is 22.2. The molecule has 0 unspecified atom stereocenters. The molecule has 2 aliphatic rings. The van der Waals surface area contributed by atoms with Crippen molar-refractivity contribution in [3.63, 3.8) is 0 Å². The fourth-order valence-corrected chi connectivity index (χ4v) is 4.45. The van der Waals surface area contributed by atoms with Crippen molar-refractivity contribution < 1.29 is 33.0 Å². The molecule has 208 valence electrons. The van der Waals surface area contributed by atoms with Crippen LogP contribution in [0.3, 0.4) is 0 Å². The van der Waals surface area contributed by atoms with Crippen molar-refractivity contribution in [3.05, 3.63) is 52.9 Å². The number of hydrazone groups is 1. The van der Waals surface area contributed by atoms with Crippen molar-refractivity contribution in [2.24, 2.45) is 5.10 Å². The van der Waals surface area contributed by atoms with E-state index in [2.05, 4.69) is 26.1 Å². The maximum Gasteiger partial charge on any atom is 0.338 e. The number of rotatable bonds is 10. The largest absolute Gasteiger partial charge is 0.493 e. The van der Waals surface area contributed by atoms with Crippen molar-refractivity contribution in [2.45, 2.75) is 39.2 Å². The van der Waals surface area contributed by atoms with Gasteiger partial charge in [-0.1, -0.05) is 6.07 Å². The van der Waals surface area contributed by atoms with Gasteiger partial charge in [-0.3, -0.25) is 4.79 Å². The Hall–Kier alpha value is -4.48. The summed E-state index contributed by atoms with van der Waals surface area (Å²) in [5.74, 6) is 0.931. The molecule has 3 N–H and O–H groups in total. The zero-order valence-electron chi connectivity index (χ0n) is 22.2. The number of amides is 3. The minimum Gasteiger partial charge on any atom is -0.493 e. The van der Waals surface area contributed by atoms with Crippen molar-refractivity contribution >= 4 is 30.0 Å². The van der Waals surface area contributed by atoms with Crippen LogP contribution in [0.5, 0.6) is 11.5 Å². The molecule has 3 heterocycles. The number of allylic oxidation sites excluding steroid dienone is 1. The van der Waals surface area contributed by atoms with Crippen LogP contribution in [-0.2, 0) is 14.3 Å². The minimum atomic E-state index is -0.754. The summed E-state index contributed by atoms with van der Waals surface area (Å²) in [6.45, 7) is 5.15. The summed E-state index contributed by atoms with van der Waals surface area (Å²) in [5, 5.41) is 9.27. The molecule has 2 aliphatic heterocycles. The first-order valence-corrected chi connectivity index (χ1v) is 12.8. The minimum absolute atomic E-state index is 0.194. The molecule has 1 fully saturated rings. The number of hydrogen-bond acceptors (Lipinski definition) is 9. The number of benzene rings is 1. The molecule has 0 saturated carbocycles. The summed E-state index contributed by atoms with van der Waals surface area (Å²) in [7, 11) is 1.45. The van der Waals surface area contributed by atoms with Gasteiger partial charge >= 0.3 is 12.0 Å². The second-order valence-corrected chi connectivity index (χ2v) is 9.01. The molecule has 0 aliphatic carbocycles. The van der Waals surface area contributed by atoms with Crippen LogP contribution in [0.15, 0.2) is 51.1 Å². The Balaban J connectivity index is 1.36. The Kier molecular flexibility index (Phi) is 9.08. The summed E-state index contributed by atoms with van der Waals surface area (Å²) in [6, 6.07) is 7.41. The summed E-state index contributed by atoms with van der Waals surface area (Å²) in [6.07, 6.45) is 4.96. The van der Waals surface area contributed by atoms with Gasteiger partial charge in [0, 0.05) is 24.9 Å². The third-order valence-corrected chi connectivity index (χ3v) is 6.31. The molecule has 1 atom stereocenters. The molecule has 2 aromatic rings. The first-order valence-electron chi connectivity index (χ1n) is 12.8. The number of carbonyl (C=O) groups is 3. The number of methoxy groups -OCH3 is 1. The Labute approximate surface area is 226 Å². The van der Waals surface area contributed by atoms with Gasteiger partial charge in [0.1, 0.15) is 5.76 Å². The van der Waals surface area contributed by atoms with E-state index in [1.807, 2.05) is 6.07 Å². The number of nitrogens with one attached hydrogen (secondary N) is 3. The average Bonchev–Trinajstić information content (AvgIpc) is 3.41. The lowest BCUT2D eigenvalue weighted by Crippen LogP contribution is -2.45. The van der Waals surface area contributed by atoms with Crippen LogP contribution in [0, 0.1) is 0 Å². The number of esters is 1. The van der Waals surface area contributed by atoms with E-state index in [0.717, 1.165) is 31.8 Å². The van der Waals surface area contributed by atoms with E-state index in [1.54, 1.807) is 38.1 Å². The predicted molar refractivity (Wildman–Crippen MR) is 143 cm³/mol. The third kappa shape index (κ3) is 6.89. The van der Waals surface area contributed by atoms with Gasteiger partial charge in [0.15, 0.2) is 24.0 Å². The molecule has 0 bridgehead atoms. The summed E-state index contributed by atoms with van der Waals surface area (Å²) in [4.78, 5) is 39.1. The van der Waals surface area contributed by atoms with E-state index in [1.165, 1.54) is 19.7 Å². The van der Waals surface area contributed by atoms with Crippen molar-refractivity contribution in [1.82, 2.24) is 16.1 Å². The molecule has 1 aromatic carbocycles. The van der Waals surface area contributed by atoms with Gasteiger partial charge in [-0.05, 0) is 56.9 Å². The van der Waals surface area contributed by atoms with Gasteiger partial charge in [-0.2, -0.15) is 5.10 Å². The van der Waals surface area contributed by atoms with Crippen molar-refractivity contribution in [3.8, 4) is 11.5 Å². The van der Waals surface area contributed by atoms with E-state index in [0.29, 0.717) is 28.5 Å². The molecule has 0 radical (unpaired) electrons. The number of hydrogen-bond donors (Lipinski definition) is 3.